The molecular formula is C13H16Cl3FN2. The summed E-state index contributed by atoms with van der Waals surface area (Å²) >= 11 is 11.9. The smallest absolute Gasteiger partial charge is 0.148 e. The van der Waals surface area contributed by atoms with Crippen LogP contribution in [0.15, 0.2) is 24.8 Å². The highest BCUT2D eigenvalue weighted by atomic mass is 35.5. The Labute approximate surface area is 129 Å². The Morgan fingerprint density at radius 3 is 2.42 bits per heavy atom. The quantitative estimate of drug-likeness (QED) is 0.673. The van der Waals surface area contributed by atoms with Crippen molar-refractivity contribution in [3.05, 3.63) is 46.2 Å². The van der Waals surface area contributed by atoms with Crippen molar-refractivity contribution >= 4 is 35.6 Å². The molecule has 1 aromatic rings. The first-order valence-corrected chi connectivity index (χ1v) is 6.61. The molecule has 1 N–H and O–H groups in total. The van der Waals surface area contributed by atoms with Gasteiger partial charge in [-0.2, -0.15) is 0 Å². The van der Waals surface area contributed by atoms with Gasteiger partial charge in [-0.05, 0) is 12.1 Å². The Bertz CT molecular complexity index is 448. The number of hydrogen-bond acceptors (Lipinski definition) is 2. The molecule has 1 aromatic carbocycles. The summed E-state index contributed by atoms with van der Waals surface area (Å²) < 4.78 is 14.1. The first kappa shape index (κ1) is 16.7. The Morgan fingerprint density at radius 1 is 1.26 bits per heavy atom. The van der Waals surface area contributed by atoms with E-state index in [2.05, 4.69) is 16.8 Å². The zero-order valence-electron chi connectivity index (χ0n) is 10.3. The van der Waals surface area contributed by atoms with Crippen molar-refractivity contribution in [1.29, 1.82) is 0 Å². The van der Waals surface area contributed by atoms with Crippen molar-refractivity contribution in [3.8, 4) is 0 Å². The van der Waals surface area contributed by atoms with Gasteiger partial charge in [0.15, 0.2) is 0 Å². The fraction of sp³-hybridized carbons (Fsp3) is 0.385. The summed E-state index contributed by atoms with van der Waals surface area (Å²) in [6.45, 7) is 7.22. The van der Waals surface area contributed by atoms with Gasteiger partial charge in [0.2, 0.25) is 0 Å². The molecule has 19 heavy (non-hydrogen) atoms. The lowest BCUT2D eigenvalue weighted by Crippen LogP contribution is -2.44. The third-order valence-corrected chi connectivity index (χ3v) is 3.76. The van der Waals surface area contributed by atoms with Gasteiger partial charge in [-0.15, -0.1) is 19.0 Å². The number of benzene rings is 1. The first-order valence-electron chi connectivity index (χ1n) is 5.86. The second kappa shape index (κ2) is 7.46. The van der Waals surface area contributed by atoms with Crippen LogP contribution < -0.4 is 5.32 Å². The molecule has 1 atom stereocenters. The minimum absolute atomic E-state index is 0. The van der Waals surface area contributed by atoms with Gasteiger partial charge in [0.05, 0.1) is 11.1 Å². The van der Waals surface area contributed by atoms with E-state index < -0.39 is 5.82 Å². The minimum atomic E-state index is -0.451. The third kappa shape index (κ3) is 3.61. The molecule has 1 heterocycles. The van der Waals surface area contributed by atoms with Crippen LogP contribution in [0.25, 0.3) is 0 Å². The lowest BCUT2D eigenvalue weighted by Gasteiger charge is -2.34. The van der Waals surface area contributed by atoms with E-state index in [1.807, 2.05) is 0 Å². The number of nitrogens with zero attached hydrogens (tertiary/aromatic N) is 1. The Morgan fingerprint density at radius 2 is 1.84 bits per heavy atom. The van der Waals surface area contributed by atoms with E-state index in [9.17, 15) is 4.39 Å². The Hall–Kier alpha value is -0.320. The van der Waals surface area contributed by atoms with Gasteiger partial charge < -0.3 is 5.32 Å². The summed E-state index contributed by atoms with van der Waals surface area (Å²) in [5, 5.41) is 3.74. The molecule has 106 valence electrons. The van der Waals surface area contributed by atoms with Crippen molar-refractivity contribution in [2.24, 2.45) is 0 Å². The van der Waals surface area contributed by atoms with Gasteiger partial charge in [0, 0.05) is 36.8 Å². The molecule has 1 saturated heterocycles. The topological polar surface area (TPSA) is 15.3 Å². The molecule has 1 aliphatic rings. The van der Waals surface area contributed by atoms with E-state index in [0.717, 1.165) is 26.2 Å². The zero-order valence-corrected chi connectivity index (χ0v) is 12.7. The molecule has 0 radical (unpaired) electrons. The summed E-state index contributed by atoms with van der Waals surface area (Å²) in [6, 6.07) is 2.86. The molecule has 0 aromatic heterocycles. The normalized spacial score (nSPS) is 17.6. The molecule has 0 spiro atoms. The van der Waals surface area contributed by atoms with Crippen LogP contribution >= 0.6 is 35.6 Å². The van der Waals surface area contributed by atoms with Crippen molar-refractivity contribution in [3.63, 3.8) is 0 Å². The van der Waals surface area contributed by atoms with Crippen LogP contribution in [0.3, 0.4) is 0 Å². The summed E-state index contributed by atoms with van der Waals surface area (Å²) in [5.41, 5.74) is 0.418. The predicted octanol–water partition coefficient (Wildman–Crippen LogP) is 3.69. The molecule has 0 aliphatic carbocycles. The summed E-state index contributed by atoms with van der Waals surface area (Å²) in [4.78, 5) is 2.14. The third-order valence-electron chi connectivity index (χ3n) is 3.14. The SMILES string of the molecule is C=C[C@@H](c1c(Cl)ccc(Cl)c1F)N1CCNCC1.Cl. The minimum Gasteiger partial charge on any atom is -0.314 e. The highest BCUT2D eigenvalue weighted by Crippen LogP contribution is 2.34. The van der Waals surface area contributed by atoms with Crippen LogP contribution in [-0.4, -0.2) is 31.1 Å². The lowest BCUT2D eigenvalue weighted by atomic mass is 10.0. The zero-order chi connectivity index (χ0) is 13.1. The number of rotatable bonds is 3. The second-order valence-corrected chi connectivity index (χ2v) is 5.04. The van der Waals surface area contributed by atoms with E-state index in [1.54, 1.807) is 12.1 Å². The number of hydrogen-bond donors (Lipinski definition) is 1. The van der Waals surface area contributed by atoms with Crippen molar-refractivity contribution in [2.45, 2.75) is 6.04 Å². The van der Waals surface area contributed by atoms with Crippen LogP contribution in [0.5, 0.6) is 0 Å². The van der Waals surface area contributed by atoms with Gasteiger partial charge in [-0.3, -0.25) is 4.90 Å². The highest BCUT2D eigenvalue weighted by Gasteiger charge is 2.25. The summed E-state index contributed by atoms with van der Waals surface area (Å²) in [6.07, 6.45) is 1.71. The molecule has 0 amide bonds. The Balaban J connectivity index is 0.00000180. The van der Waals surface area contributed by atoms with Gasteiger partial charge >= 0.3 is 0 Å². The predicted molar refractivity (Wildman–Crippen MR) is 81.0 cm³/mol. The molecule has 0 saturated carbocycles. The van der Waals surface area contributed by atoms with Crippen molar-refractivity contribution in [1.82, 2.24) is 10.2 Å². The fourth-order valence-electron chi connectivity index (χ4n) is 2.22. The first-order chi connectivity index (χ1) is 8.65. The van der Waals surface area contributed by atoms with Crippen LogP contribution in [0, 0.1) is 5.82 Å². The fourth-order valence-corrected chi connectivity index (χ4v) is 2.65. The van der Waals surface area contributed by atoms with Crippen LogP contribution in [0.2, 0.25) is 10.0 Å². The highest BCUT2D eigenvalue weighted by molar-refractivity contribution is 6.33. The van der Waals surface area contributed by atoms with Crippen molar-refractivity contribution < 1.29 is 4.39 Å². The van der Waals surface area contributed by atoms with Gasteiger partial charge in [0.25, 0.3) is 0 Å². The molecule has 0 bridgehead atoms. The maximum absolute atomic E-state index is 14.1. The maximum Gasteiger partial charge on any atom is 0.148 e. The molecule has 1 fully saturated rings. The average molecular weight is 326 g/mol. The number of nitrogens with one attached hydrogen (secondary N) is 1. The summed E-state index contributed by atoms with van der Waals surface area (Å²) in [7, 11) is 0. The molecule has 2 nitrogen and oxygen atoms in total. The second-order valence-electron chi connectivity index (χ2n) is 4.22. The molecule has 2 rings (SSSR count). The largest absolute Gasteiger partial charge is 0.314 e. The molecule has 6 heteroatoms. The monoisotopic (exact) mass is 324 g/mol. The van der Waals surface area contributed by atoms with Gasteiger partial charge in [-0.25, -0.2) is 4.39 Å². The number of halogens is 4. The van der Waals surface area contributed by atoms with E-state index in [-0.39, 0.29) is 23.5 Å². The number of piperazine rings is 1. The lowest BCUT2D eigenvalue weighted by molar-refractivity contribution is 0.200. The maximum atomic E-state index is 14.1. The summed E-state index contributed by atoms with van der Waals surface area (Å²) in [5.74, 6) is -0.451. The van der Waals surface area contributed by atoms with Gasteiger partial charge in [-0.1, -0.05) is 29.3 Å². The standard InChI is InChI=1S/C13H15Cl2FN2.ClH/c1-2-11(18-7-5-17-6-8-18)12-9(14)3-4-10(15)13(12)16;/h2-4,11,17H,1,5-8H2;1H/t11-;/m0./s1. The van der Waals surface area contributed by atoms with E-state index in [0.29, 0.717) is 10.6 Å². The molecule has 1 aliphatic heterocycles. The Kier molecular flexibility index (Phi) is 6.57. The van der Waals surface area contributed by atoms with Crippen LogP contribution in [0.4, 0.5) is 4.39 Å². The van der Waals surface area contributed by atoms with Crippen LogP contribution in [0.1, 0.15) is 11.6 Å². The van der Waals surface area contributed by atoms with Crippen LogP contribution in [-0.2, 0) is 0 Å². The van der Waals surface area contributed by atoms with E-state index in [4.69, 9.17) is 23.2 Å². The molecular weight excluding hydrogens is 310 g/mol. The molecule has 0 unspecified atom stereocenters. The average Bonchev–Trinajstić information content (AvgIpc) is 2.40. The van der Waals surface area contributed by atoms with E-state index >= 15 is 0 Å². The van der Waals surface area contributed by atoms with Crippen molar-refractivity contribution in [2.75, 3.05) is 26.2 Å². The van der Waals surface area contributed by atoms with Gasteiger partial charge in [0.1, 0.15) is 5.82 Å². The van der Waals surface area contributed by atoms with E-state index in [1.165, 1.54) is 6.07 Å².